The van der Waals surface area contributed by atoms with Gasteiger partial charge in [0.25, 0.3) is 0 Å². The number of nitrogens with zero attached hydrogens (tertiary/aromatic N) is 1. The van der Waals surface area contributed by atoms with Gasteiger partial charge in [0.15, 0.2) is 0 Å². The van der Waals surface area contributed by atoms with Crippen LogP contribution in [0.1, 0.15) is 44.1 Å². The van der Waals surface area contributed by atoms with Gasteiger partial charge in [0.1, 0.15) is 5.75 Å². The fourth-order valence-corrected chi connectivity index (χ4v) is 3.01. The number of benzene rings is 1. The van der Waals surface area contributed by atoms with E-state index in [2.05, 4.69) is 11.9 Å². The summed E-state index contributed by atoms with van der Waals surface area (Å²) in [6.45, 7) is 0.732. The van der Waals surface area contributed by atoms with Crippen LogP contribution in [0.5, 0.6) is 5.75 Å². The lowest BCUT2D eigenvalue weighted by molar-refractivity contribution is 0.211. The minimum atomic E-state index is 0.308. The van der Waals surface area contributed by atoms with E-state index in [9.17, 15) is 5.11 Å². The van der Waals surface area contributed by atoms with Crippen molar-refractivity contribution in [2.75, 3.05) is 7.05 Å². The van der Waals surface area contributed by atoms with Crippen LogP contribution in [0.15, 0.2) is 18.2 Å². The molecule has 1 aliphatic rings. The Morgan fingerprint density at radius 3 is 2.50 bits per heavy atom. The summed E-state index contributed by atoms with van der Waals surface area (Å²) in [5.41, 5.74) is 0.853. The molecular formula is C15H22ClNO. The Morgan fingerprint density at radius 1 is 1.22 bits per heavy atom. The smallest absolute Gasteiger partial charge is 0.121 e. The summed E-state index contributed by atoms with van der Waals surface area (Å²) in [5.74, 6) is 0.308. The predicted octanol–water partition coefficient (Wildman–Crippen LogP) is 4.20. The van der Waals surface area contributed by atoms with Gasteiger partial charge in [-0.1, -0.05) is 43.4 Å². The molecule has 18 heavy (non-hydrogen) atoms. The summed E-state index contributed by atoms with van der Waals surface area (Å²) in [5, 5.41) is 10.5. The zero-order chi connectivity index (χ0) is 13.0. The molecule has 3 heteroatoms. The molecule has 0 spiro atoms. The lowest BCUT2D eigenvalue weighted by atomic mass is 10.1. The normalized spacial score (nSPS) is 17.9. The molecule has 0 saturated heterocycles. The Bertz CT molecular complexity index is 366. The van der Waals surface area contributed by atoms with Crippen LogP contribution in [-0.2, 0) is 6.54 Å². The Labute approximate surface area is 115 Å². The number of hydrogen-bond acceptors (Lipinski definition) is 2. The van der Waals surface area contributed by atoms with E-state index in [-0.39, 0.29) is 0 Å². The molecule has 0 atom stereocenters. The molecule has 0 heterocycles. The van der Waals surface area contributed by atoms with E-state index in [1.165, 1.54) is 38.5 Å². The molecule has 0 aliphatic heterocycles. The summed E-state index contributed by atoms with van der Waals surface area (Å²) in [6.07, 6.45) is 7.90. The molecule has 1 saturated carbocycles. The summed E-state index contributed by atoms with van der Waals surface area (Å²) in [7, 11) is 2.14. The van der Waals surface area contributed by atoms with Crippen molar-refractivity contribution in [1.29, 1.82) is 0 Å². The molecule has 0 unspecified atom stereocenters. The van der Waals surface area contributed by atoms with Gasteiger partial charge in [-0.3, -0.25) is 4.90 Å². The van der Waals surface area contributed by atoms with Crippen LogP contribution in [0.4, 0.5) is 0 Å². The first-order valence-corrected chi connectivity index (χ1v) is 7.23. The number of hydrogen-bond donors (Lipinski definition) is 1. The Morgan fingerprint density at radius 2 is 1.89 bits per heavy atom. The van der Waals surface area contributed by atoms with Crippen molar-refractivity contribution in [2.45, 2.75) is 51.1 Å². The first-order valence-electron chi connectivity index (χ1n) is 6.85. The molecule has 1 fully saturated rings. The van der Waals surface area contributed by atoms with Gasteiger partial charge in [0.2, 0.25) is 0 Å². The second-order valence-electron chi connectivity index (χ2n) is 5.30. The van der Waals surface area contributed by atoms with Gasteiger partial charge >= 0.3 is 0 Å². The number of aromatic hydroxyl groups is 1. The van der Waals surface area contributed by atoms with E-state index in [0.29, 0.717) is 16.8 Å². The molecule has 2 rings (SSSR count). The summed E-state index contributed by atoms with van der Waals surface area (Å²) in [6, 6.07) is 5.97. The van der Waals surface area contributed by atoms with Crippen LogP contribution in [0.25, 0.3) is 0 Å². The SMILES string of the molecule is CN(Cc1c(O)cccc1Cl)C1CCCCCC1. The van der Waals surface area contributed by atoms with Crippen molar-refractivity contribution in [1.82, 2.24) is 4.90 Å². The van der Waals surface area contributed by atoms with Crippen LogP contribution >= 0.6 is 11.6 Å². The number of rotatable bonds is 3. The van der Waals surface area contributed by atoms with Crippen molar-refractivity contribution in [3.63, 3.8) is 0 Å². The van der Waals surface area contributed by atoms with Crippen LogP contribution < -0.4 is 0 Å². The van der Waals surface area contributed by atoms with Crippen molar-refractivity contribution in [3.8, 4) is 5.75 Å². The molecule has 1 aliphatic carbocycles. The van der Waals surface area contributed by atoms with Crippen molar-refractivity contribution < 1.29 is 5.11 Å². The minimum absolute atomic E-state index is 0.308. The van der Waals surface area contributed by atoms with Gasteiger partial charge < -0.3 is 5.11 Å². The molecule has 1 aromatic carbocycles. The molecule has 0 amide bonds. The quantitative estimate of drug-likeness (QED) is 0.830. The predicted molar refractivity (Wildman–Crippen MR) is 76.1 cm³/mol. The molecule has 1 aromatic rings. The van der Waals surface area contributed by atoms with Gasteiger partial charge in [0, 0.05) is 23.2 Å². The molecule has 1 N–H and O–H groups in total. The van der Waals surface area contributed by atoms with Crippen molar-refractivity contribution in [3.05, 3.63) is 28.8 Å². The van der Waals surface area contributed by atoms with E-state index in [1.54, 1.807) is 12.1 Å². The fourth-order valence-electron chi connectivity index (χ4n) is 2.78. The molecular weight excluding hydrogens is 246 g/mol. The lowest BCUT2D eigenvalue weighted by Gasteiger charge is -2.27. The highest BCUT2D eigenvalue weighted by atomic mass is 35.5. The third-order valence-corrected chi connectivity index (χ3v) is 4.30. The zero-order valence-electron chi connectivity index (χ0n) is 11.0. The maximum atomic E-state index is 9.88. The number of halogens is 1. The van der Waals surface area contributed by atoms with E-state index < -0.39 is 0 Å². The largest absolute Gasteiger partial charge is 0.508 e. The molecule has 100 valence electrons. The average molecular weight is 268 g/mol. The van der Waals surface area contributed by atoms with Gasteiger partial charge in [-0.15, -0.1) is 0 Å². The maximum absolute atomic E-state index is 9.88. The summed E-state index contributed by atoms with van der Waals surface area (Å²) < 4.78 is 0. The van der Waals surface area contributed by atoms with Gasteiger partial charge in [-0.25, -0.2) is 0 Å². The highest BCUT2D eigenvalue weighted by Gasteiger charge is 2.18. The first-order chi connectivity index (χ1) is 8.68. The highest BCUT2D eigenvalue weighted by Crippen LogP contribution is 2.29. The van der Waals surface area contributed by atoms with E-state index in [4.69, 9.17) is 11.6 Å². The molecule has 2 nitrogen and oxygen atoms in total. The van der Waals surface area contributed by atoms with E-state index in [1.807, 2.05) is 6.07 Å². The Kier molecular flexibility index (Phi) is 4.90. The number of phenols is 1. The minimum Gasteiger partial charge on any atom is -0.508 e. The second kappa shape index (κ2) is 6.44. The zero-order valence-corrected chi connectivity index (χ0v) is 11.8. The summed E-state index contributed by atoms with van der Waals surface area (Å²) in [4.78, 5) is 2.34. The van der Waals surface area contributed by atoms with Crippen LogP contribution in [-0.4, -0.2) is 23.1 Å². The van der Waals surface area contributed by atoms with E-state index in [0.717, 1.165) is 12.1 Å². The Balaban J connectivity index is 2.03. The van der Waals surface area contributed by atoms with Crippen molar-refractivity contribution >= 4 is 11.6 Å². The van der Waals surface area contributed by atoms with Crippen LogP contribution in [0, 0.1) is 0 Å². The van der Waals surface area contributed by atoms with Crippen LogP contribution in [0.2, 0.25) is 5.02 Å². The third-order valence-electron chi connectivity index (χ3n) is 3.95. The number of phenolic OH excluding ortho intramolecular Hbond substituents is 1. The standard InChI is InChI=1S/C15H22ClNO/c1-17(12-7-4-2-3-5-8-12)11-13-14(16)9-6-10-15(13)18/h6,9-10,12,18H,2-5,7-8,11H2,1H3. The molecule has 0 bridgehead atoms. The summed E-state index contributed by atoms with van der Waals surface area (Å²) >= 11 is 6.16. The van der Waals surface area contributed by atoms with Crippen LogP contribution in [0.3, 0.4) is 0 Å². The second-order valence-corrected chi connectivity index (χ2v) is 5.71. The topological polar surface area (TPSA) is 23.5 Å². The van der Waals surface area contributed by atoms with E-state index >= 15 is 0 Å². The van der Waals surface area contributed by atoms with Gasteiger partial charge in [-0.05, 0) is 32.0 Å². The maximum Gasteiger partial charge on any atom is 0.121 e. The Hall–Kier alpha value is -0.730. The third kappa shape index (κ3) is 3.39. The van der Waals surface area contributed by atoms with Gasteiger partial charge in [-0.2, -0.15) is 0 Å². The molecule has 0 aromatic heterocycles. The monoisotopic (exact) mass is 267 g/mol. The van der Waals surface area contributed by atoms with Gasteiger partial charge in [0.05, 0.1) is 0 Å². The van der Waals surface area contributed by atoms with Crippen molar-refractivity contribution in [2.24, 2.45) is 0 Å². The highest BCUT2D eigenvalue weighted by molar-refractivity contribution is 6.31. The average Bonchev–Trinajstić information content (AvgIpc) is 2.62. The molecule has 0 radical (unpaired) electrons. The first kappa shape index (κ1) is 13.7. The lowest BCUT2D eigenvalue weighted by Crippen LogP contribution is -2.30. The fraction of sp³-hybridized carbons (Fsp3) is 0.600.